The fourth-order valence-corrected chi connectivity index (χ4v) is 3.38. The van der Waals surface area contributed by atoms with Crippen molar-refractivity contribution >= 4 is 28.7 Å². The molecule has 0 unspecified atom stereocenters. The fourth-order valence-electron chi connectivity index (χ4n) is 3.38. The zero-order valence-corrected chi connectivity index (χ0v) is 14.1. The molecule has 0 radical (unpaired) electrons. The summed E-state index contributed by atoms with van der Waals surface area (Å²) in [5, 5.41) is 10.6. The van der Waals surface area contributed by atoms with Gasteiger partial charge in [-0.05, 0) is 24.6 Å². The highest BCUT2D eigenvalue weighted by Gasteiger charge is 2.28. The number of carbonyl (C=O) groups excluding carboxylic acids is 2. The standard InChI is InChI=1S/C17H21N5O3/c1-11-9-18-5-7-21(11)10-12-2-3-14-13(8-12)16(20-25-14)22-6-4-15(23)19-17(22)24/h2-3,8,11,18H,4-7,9-10H2,1H3,(H,19,23,24)/t11-/m1/s1. The number of hydrogen-bond donors (Lipinski definition) is 2. The number of hydrogen-bond acceptors (Lipinski definition) is 6. The van der Waals surface area contributed by atoms with Crippen molar-refractivity contribution in [1.82, 2.24) is 20.7 Å². The van der Waals surface area contributed by atoms with E-state index in [0.717, 1.165) is 37.1 Å². The molecule has 132 valence electrons. The zero-order chi connectivity index (χ0) is 17.4. The van der Waals surface area contributed by atoms with Crippen molar-refractivity contribution in [3.8, 4) is 0 Å². The number of benzene rings is 1. The average molecular weight is 343 g/mol. The van der Waals surface area contributed by atoms with Gasteiger partial charge in [0.25, 0.3) is 0 Å². The van der Waals surface area contributed by atoms with Gasteiger partial charge in [0.2, 0.25) is 5.91 Å². The Balaban J connectivity index is 1.61. The van der Waals surface area contributed by atoms with E-state index in [0.29, 0.717) is 24.0 Å². The fraction of sp³-hybridized carbons (Fsp3) is 0.471. The van der Waals surface area contributed by atoms with Crippen molar-refractivity contribution in [2.75, 3.05) is 31.1 Å². The number of anilines is 1. The number of imide groups is 1. The largest absolute Gasteiger partial charge is 0.354 e. The van der Waals surface area contributed by atoms with Crippen molar-refractivity contribution in [2.24, 2.45) is 0 Å². The first-order valence-electron chi connectivity index (χ1n) is 8.56. The van der Waals surface area contributed by atoms with Crippen molar-refractivity contribution < 1.29 is 14.1 Å². The molecule has 0 aliphatic carbocycles. The molecule has 1 atom stereocenters. The number of nitrogens with one attached hydrogen (secondary N) is 2. The molecule has 1 aromatic heterocycles. The van der Waals surface area contributed by atoms with E-state index in [1.807, 2.05) is 18.2 Å². The maximum atomic E-state index is 12.1. The second-order valence-corrected chi connectivity index (χ2v) is 6.62. The van der Waals surface area contributed by atoms with Crippen LogP contribution in [-0.4, -0.2) is 54.2 Å². The number of piperazine rings is 1. The van der Waals surface area contributed by atoms with Gasteiger partial charge < -0.3 is 9.84 Å². The van der Waals surface area contributed by atoms with E-state index in [9.17, 15) is 9.59 Å². The minimum absolute atomic E-state index is 0.262. The molecule has 2 N–H and O–H groups in total. The van der Waals surface area contributed by atoms with Crippen molar-refractivity contribution in [3.05, 3.63) is 23.8 Å². The van der Waals surface area contributed by atoms with Crippen LogP contribution in [0.1, 0.15) is 18.9 Å². The first kappa shape index (κ1) is 16.0. The van der Waals surface area contributed by atoms with E-state index in [1.165, 1.54) is 4.90 Å². The Labute approximate surface area is 145 Å². The topological polar surface area (TPSA) is 90.7 Å². The van der Waals surface area contributed by atoms with Crippen LogP contribution >= 0.6 is 0 Å². The number of nitrogens with zero attached hydrogens (tertiary/aromatic N) is 3. The van der Waals surface area contributed by atoms with Gasteiger partial charge in [-0.1, -0.05) is 11.2 Å². The van der Waals surface area contributed by atoms with Gasteiger partial charge in [-0.25, -0.2) is 4.79 Å². The van der Waals surface area contributed by atoms with E-state index in [-0.39, 0.29) is 12.3 Å². The molecule has 2 aromatic rings. The highest BCUT2D eigenvalue weighted by Crippen LogP contribution is 2.28. The van der Waals surface area contributed by atoms with Gasteiger partial charge >= 0.3 is 6.03 Å². The van der Waals surface area contributed by atoms with Crippen LogP contribution in [0, 0.1) is 0 Å². The molecule has 2 fully saturated rings. The summed E-state index contributed by atoms with van der Waals surface area (Å²) in [6.07, 6.45) is 0.262. The van der Waals surface area contributed by atoms with Crippen LogP contribution in [0.4, 0.5) is 10.6 Å². The Morgan fingerprint density at radius 1 is 1.32 bits per heavy atom. The molecule has 0 saturated carbocycles. The van der Waals surface area contributed by atoms with Gasteiger partial charge in [-0.2, -0.15) is 0 Å². The van der Waals surface area contributed by atoms with E-state index in [1.54, 1.807) is 0 Å². The van der Waals surface area contributed by atoms with Crippen LogP contribution in [0.2, 0.25) is 0 Å². The monoisotopic (exact) mass is 343 g/mol. The molecular formula is C17H21N5O3. The molecule has 4 rings (SSSR count). The van der Waals surface area contributed by atoms with Gasteiger partial charge in [-0.3, -0.25) is 19.9 Å². The summed E-state index contributed by atoms with van der Waals surface area (Å²) in [5.74, 6) is 0.206. The third kappa shape index (κ3) is 3.10. The number of amides is 3. The lowest BCUT2D eigenvalue weighted by molar-refractivity contribution is -0.120. The molecule has 8 nitrogen and oxygen atoms in total. The molecule has 25 heavy (non-hydrogen) atoms. The maximum absolute atomic E-state index is 12.1. The third-order valence-electron chi connectivity index (χ3n) is 4.85. The Hall–Kier alpha value is -2.45. The average Bonchev–Trinajstić information content (AvgIpc) is 3.00. The minimum atomic E-state index is -0.451. The van der Waals surface area contributed by atoms with Crippen molar-refractivity contribution in [1.29, 1.82) is 0 Å². The molecule has 3 amide bonds. The van der Waals surface area contributed by atoms with Gasteiger partial charge in [0, 0.05) is 45.2 Å². The molecule has 1 aromatic carbocycles. The van der Waals surface area contributed by atoms with Gasteiger partial charge in [0.15, 0.2) is 11.4 Å². The van der Waals surface area contributed by atoms with Crippen molar-refractivity contribution in [3.63, 3.8) is 0 Å². The normalized spacial score (nSPS) is 22.4. The summed E-state index contributed by atoms with van der Waals surface area (Å²) in [5.41, 5.74) is 1.79. The molecule has 8 heteroatoms. The number of carbonyl (C=O) groups is 2. The van der Waals surface area contributed by atoms with Gasteiger partial charge in [0.05, 0.1) is 5.39 Å². The van der Waals surface area contributed by atoms with Crippen LogP contribution in [0.15, 0.2) is 22.7 Å². The first-order valence-corrected chi connectivity index (χ1v) is 8.56. The smallest absolute Gasteiger partial charge is 0.329 e. The SMILES string of the molecule is C[C@@H]1CNCCN1Cc1ccc2onc(N3CCC(=O)NC3=O)c2c1. The van der Waals surface area contributed by atoms with Crippen LogP contribution in [-0.2, 0) is 11.3 Å². The summed E-state index contributed by atoms with van der Waals surface area (Å²) < 4.78 is 5.36. The molecule has 0 bridgehead atoms. The predicted octanol–water partition coefficient (Wildman–Crippen LogP) is 1.07. The van der Waals surface area contributed by atoms with E-state index >= 15 is 0 Å². The van der Waals surface area contributed by atoms with E-state index in [4.69, 9.17) is 4.52 Å². The Kier molecular flexibility index (Phi) is 4.14. The number of fused-ring (bicyclic) bond motifs is 1. The predicted molar refractivity (Wildman–Crippen MR) is 92.3 cm³/mol. The van der Waals surface area contributed by atoms with Gasteiger partial charge in [0.1, 0.15) is 0 Å². The molecular weight excluding hydrogens is 322 g/mol. The molecule has 2 saturated heterocycles. The second-order valence-electron chi connectivity index (χ2n) is 6.62. The highest BCUT2D eigenvalue weighted by molar-refractivity contribution is 6.08. The van der Waals surface area contributed by atoms with Crippen LogP contribution in [0.25, 0.3) is 11.0 Å². The van der Waals surface area contributed by atoms with Crippen LogP contribution in [0.3, 0.4) is 0 Å². The van der Waals surface area contributed by atoms with E-state index < -0.39 is 6.03 Å². The lowest BCUT2D eigenvalue weighted by atomic mass is 10.1. The maximum Gasteiger partial charge on any atom is 0.329 e. The van der Waals surface area contributed by atoms with Gasteiger partial charge in [-0.15, -0.1) is 0 Å². The lowest BCUT2D eigenvalue weighted by Gasteiger charge is -2.33. The quantitative estimate of drug-likeness (QED) is 0.866. The Morgan fingerprint density at radius 3 is 3.00 bits per heavy atom. The minimum Gasteiger partial charge on any atom is -0.354 e. The first-order chi connectivity index (χ1) is 12.1. The Bertz CT molecular complexity index is 818. The number of urea groups is 1. The summed E-state index contributed by atoms with van der Waals surface area (Å²) in [7, 11) is 0. The summed E-state index contributed by atoms with van der Waals surface area (Å²) in [6, 6.07) is 5.98. The molecule has 0 spiro atoms. The molecule has 3 heterocycles. The summed E-state index contributed by atoms with van der Waals surface area (Å²) in [4.78, 5) is 27.3. The highest BCUT2D eigenvalue weighted by atomic mass is 16.5. The van der Waals surface area contributed by atoms with Crippen LogP contribution < -0.4 is 15.5 Å². The molecule has 2 aliphatic rings. The zero-order valence-electron chi connectivity index (χ0n) is 14.1. The van der Waals surface area contributed by atoms with E-state index in [2.05, 4.69) is 27.6 Å². The summed E-state index contributed by atoms with van der Waals surface area (Å²) in [6.45, 7) is 6.35. The third-order valence-corrected chi connectivity index (χ3v) is 4.85. The number of rotatable bonds is 3. The van der Waals surface area contributed by atoms with Crippen molar-refractivity contribution in [2.45, 2.75) is 25.9 Å². The number of aromatic nitrogens is 1. The Morgan fingerprint density at radius 2 is 2.20 bits per heavy atom. The molecule has 2 aliphatic heterocycles. The second kappa shape index (κ2) is 6.45. The van der Waals surface area contributed by atoms with Crippen LogP contribution in [0.5, 0.6) is 0 Å². The lowest BCUT2D eigenvalue weighted by Crippen LogP contribution is -2.49. The summed E-state index contributed by atoms with van der Waals surface area (Å²) >= 11 is 0.